The Morgan fingerprint density at radius 2 is 2.07 bits per heavy atom. The molecule has 1 N–H and O–H groups in total. The van der Waals surface area contributed by atoms with Gasteiger partial charge in [0.15, 0.2) is 0 Å². The Morgan fingerprint density at radius 3 is 2.64 bits per heavy atom. The minimum absolute atomic E-state index is 0.901. The molecule has 0 bridgehead atoms. The van der Waals surface area contributed by atoms with E-state index in [2.05, 4.69) is 30.6 Å². The van der Waals surface area contributed by atoms with Gasteiger partial charge in [-0.3, -0.25) is 0 Å². The first-order chi connectivity index (χ1) is 6.90. The van der Waals surface area contributed by atoms with Gasteiger partial charge in [-0.25, -0.2) is 0 Å². The normalized spacial score (nSPS) is 31.9. The summed E-state index contributed by atoms with van der Waals surface area (Å²) in [5, 5.41) is 3.29. The number of hydrogen-bond acceptors (Lipinski definition) is 1. The molecule has 0 amide bonds. The Balaban J connectivity index is 1.78. The van der Waals surface area contributed by atoms with Crippen molar-refractivity contribution < 1.29 is 0 Å². The van der Waals surface area contributed by atoms with Crippen LogP contribution in [0.15, 0.2) is 23.8 Å². The van der Waals surface area contributed by atoms with Crippen molar-refractivity contribution in [2.24, 2.45) is 11.8 Å². The minimum atomic E-state index is 0.901. The lowest BCUT2D eigenvalue weighted by Gasteiger charge is -2.29. The van der Waals surface area contributed by atoms with E-state index in [1.807, 2.05) is 0 Å². The van der Waals surface area contributed by atoms with Gasteiger partial charge >= 0.3 is 0 Å². The van der Waals surface area contributed by atoms with Gasteiger partial charge in [-0.2, -0.15) is 0 Å². The largest absolute Gasteiger partial charge is 0.319 e. The van der Waals surface area contributed by atoms with E-state index in [1.54, 1.807) is 5.57 Å². The summed E-state index contributed by atoms with van der Waals surface area (Å²) in [6.45, 7) is 1.21. The average molecular weight is 191 g/mol. The number of nitrogens with one attached hydrogen (secondary N) is 1. The Hall–Kier alpha value is -0.560. The molecule has 0 heterocycles. The zero-order chi connectivity index (χ0) is 9.80. The molecule has 1 fully saturated rings. The fourth-order valence-corrected chi connectivity index (χ4v) is 2.79. The maximum atomic E-state index is 3.29. The standard InChI is InChI=1S/C13H21N/c1-14-10-11-6-8-13(9-7-11)12-4-2-3-5-12/h2-4,11,13-14H,5-10H2,1H3. The van der Waals surface area contributed by atoms with Crippen LogP contribution in [0.2, 0.25) is 0 Å². The maximum Gasteiger partial charge on any atom is -0.00235 e. The van der Waals surface area contributed by atoms with Crippen LogP contribution >= 0.6 is 0 Å². The molecule has 78 valence electrons. The molecule has 0 aromatic heterocycles. The van der Waals surface area contributed by atoms with Gasteiger partial charge in [-0.15, -0.1) is 0 Å². The highest BCUT2D eigenvalue weighted by Crippen LogP contribution is 2.35. The van der Waals surface area contributed by atoms with Gasteiger partial charge in [0.2, 0.25) is 0 Å². The molecule has 14 heavy (non-hydrogen) atoms. The third-order valence-electron chi connectivity index (χ3n) is 3.66. The van der Waals surface area contributed by atoms with E-state index in [1.165, 1.54) is 38.6 Å². The summed E-state index contributed by atoms with van der Waals surface area (Å²) in [5.74, 6) is 1.84. The van der Waals surface area contributed by atoms with E-state index in [4.69, 9.17) is 0 Å². The second-order valence-corrected chi connectivity index (χ2v) is 4.65. The minimum Gasteiger partial charge on any atom is -0.319 e. The first kappa shape index (κ1) is 9.97. The van der Waals surface area contributed by atoms with Crippen LogP contribution in [-0.4, -0.2) is 13.6 Å². The van der Waals surface area contributed by atoms with Crippen LogP contribution in [-0.2, 0) is 0 Å². The van der Waals surface area contributed by atoms with Gasteiger partial charge in [0.25, 0.3) is 0 Å². The van der Waals surface area contributed by atoms with Crippen molar-refractivity contribution in [1.82, 2.24) is 5.32 Å². The zero-order valence-corrected chi connectivity index (χ0v) is 9.13. The first-order valence-electron chi connectivity index (χ1n) is 5.90. The molecule has 0 aliphatic heterocycles. The summed E-state index contributed by atoms with van der Waals surface area (Å²) in [7, 11) is 2.06. The summed E-state index contributed by atoms with van der Waals surface area (Å²) in [6.07, 6.45) is 13.7. The van der Waals surface area contributed by atoms with Gasteiger partial charge in [-0.1, -0.05) is 23.8 Å². The van der Waals surface area contributed by atoms with E-state index in [9.17, 15) is 0 Å². The monoisotopic (exact) mass is 191 g/mol. The first-order valence-corrected chi connectivity index (χ1v) is 5.90. The van der Waals surface area contributed by atoms with Crippen molar-refractivity contribution in [2.75, 3.05) is 13.6 Å². The molecule has 0 saturated heterocycles. The van der Waals surface area contributed by atoms with E-state index in [-0.39, 0.29) is 0 Å². The van der Waals surface area contributed by atoms with Crippen LogP contribution in [0.3, 0.4) is 0 Å². The summed E-state index contributed by atoms with van der Waals surface area (Å²) in [6, 6.07) is 0. The molecule has 0 radical (unpaired) electrons. The second-order valence-electron chi connectivity index (χ2n) is 4.65. The fraction of sp³-hybridized carbons (Fsp3) is 0.692. The van der Waals surface area contributed by atoms with Crippen molar-refractivity contribution in [3.63, 3.8) is 0 Å². The van der Waals surface area contributed by atoms with Crippen LogP contribution in [0.5, 0.6) is 0 Å². The Kier molecular flexibility index (Phi) is 3.41. The molecule has 1 nitrogen and oxygen atoms in total. The molecular formula is C13H21N. The fourth-order valence-electron chi connectivity index (χ4n) is 2.79. The van der Waals surface area contributed by atoms with Crippen LogP contribution in [0.1, 0.15) is 32.1 Å². The van der Waals surface area contributed by atoms with Gasteiger partial charge in [-0.05, 0) is 57.5 Å². The van der Waals surface area contributed by atoms with Crippen molar-refractivity contribution in [3.8, 4) is 0 Å². The predicted octanol–water partition coefficient (Wildman–Crippen LogP) is 2.90. The molecule has 1 heteroatoms. The summed E-state index contributed by atoms with van der Waals surface area (Å²) >= 11 is 0. The summed E-state index contributed by atoms with van der Waals surface area (Å²) in [4.78, 5) is 0. The zero-order valence-electron chi connectivity index (χ0n) is 9.13. The molecule has 0 atom stereocenters. The van der Waals surface area contributed by atoms with Crippen LogP contribution in [0.4, 0.5) is 0 Å². The summed E-state index contributed by atoms with van der Waals surface area (Å²) < 4.78 is 0. The average Bonchev–Trinajstić information content (AvgIpc) is 2.72. The van der Waals surface area contributed by atoms with Gasteiger partial charge in [0.1, 0.15) is 0 Å². The molecule has 2 rings (SSSR count). The SMILES string of the molecule is CNCC1CCC(C2=CC=CC2)CC1. The molecule has 0 aromatic rings. The van der Waals surface area contributed by atoms with Gasteiger partial charge in [0, 0.05) is 0 Å². The van der Waals surface area contributed by atoms with Crippen LogP contribution in [0, 0.1) is 11.8 Å². The third-order valence-corrected chi connectivity index (χ3v) is 3.66. The lowest BCUT2D eigenvalue weighted by Crippen LogP contribution is -2.24. The Bertz CT molecular complexity index is 232. The predicted molar refractivity (Wildman–Crippen MR) is 61.2 cm³/mol. The second kappa shape index (κ2) is 4.79. The van der Waals surface area contributed by atoms with Crippen molar-refractivity contribution in [1.29, 1.82) is 0 Å². The van der Waals surface area contributed by atoms with E-state index in [0.717, 1.165) is 11.8 Å². The molecular weight excluding hydrogens is 170 g/mol. The van der Waals surface area contributed by atoms with Gasteiger partial charge in [0.05, 0.1) is 0 Å². The summed E-state index contributed by atoms with van der Waals surface area (Å²) in [5.41, 5.74) is 1.69. The molecule has 0 unspecified atom stereocenters. The molecule has 1 saturated carbocycles. The van der Waals surface area contributed by atoms with Crippen LogP contribution < -0.4 is 5.32 Å². The molecule has 2 aliphatic rings. The Morgan fingerprint density at radius 1 is 1.29 bits per heavy atom. The molecule has 0 spiro atoms. The molecule has 2 aliphatic carbocycles. The highest BCUT2D eigenvalue weighted by Gasteiger charge is 2.23. The van der Waals surface area contributed by atoms with E-state index >= 15 is 0 Å². The van der Waals surface area contributed by atoms with Crippen LogP contribution in [0.25, 0.3) is 0 Å². The lowest BCUT2D eigenvalue weighted by atomic mass is 9.78. The van der Waals surface area contributed by atoms with Gasteiger partial charge < -0.3 is 5.32 Å². The maximum absolute atomic E-state index is 3.29. The lowest BCUT2D eigenvalue weighted by molar-refractivity contribution is 0.295. The van der Waals surface area contributed by atoms with E-state index < -0.39 is 0 Å². The third kappa shape index (κ3) is 2.27. The van der Waals surface area contributed by atoms with Crippen molar-refractivity contribution in [3.05, 3.63) is 23.8 Å². The highest BCUT2D eigenvalue weighted by atomic mass is 14.8. The number of allylic oxidation sites excluding steroid dienone is 4. The van der Waals surface area contributed by atoms with E-state index in [0.29, 0.717) is 0 Å². The topological polar surface area (TPSA) is 12.0 Å². The number of hydrogen-bond donors (Lipinski definition) is 1. The smallest absolute Gasteiger partial charge is 0.00235 e. The highest BCUT2D eigenvalue weighted by molar-refractivity contribution is 5.25. The van der Waals surface area contributed by atoms with Crippen molar-refractivity contribution in [2.45, 2.75) is 32.1 Å². The van der Waals surface area contributed by atoms with Crippen molar-refractivity contribution >= 4 is 0 Å². The Labute approximate surface area is 87.3 Å². The quantitative estimate of drug-likeness (QED) is 0.723. The number of rotatable bonds is 3. The molecule has 0 aromatic carbocycles.